The van der Waals surface area contributed by atoms with Gasteiger partial charge in [-0.1, -0.05) is 36.4 Å². The van der Waals surface area contributed by atoms with Crippen LogP contribution in [0.3, 0.4) is 0 Å². The molecule has 0 bridgehead atoms. The zero-order valence-electron chi connectivity index (χ0n) is 18.8. The molecule has 0 saturated carbocycles. The van der Waals surface area contributed by atoms with E-state index in [0.29, 0.717) is 5.56 Å². The lowest BCUT2D eigenvalue weighted by atomic mass is 9.78. The molecule has 160 valence electrons. The third-order valence-electron chi connectivity index (χ3n) is 6.16. The Morgan fingerprint density at radius 1 is 0.903 bits per heavy atom. The Balaban J connectivity index is 1.61. The molecule has 3 aromatic rings. The standard InChI is InChI=1S/C24H27BN2O4/c1-23(2)24(3,4)31-25(30-23)20-15-27(5)26-21(20)18-11-7-16(8-12-18)17-9-13-19(14-10-17)22(28)29-6/h7-15H,1-6H3. The second kappa shape index (κ2) is 7.66. The zero-order valence-corrected chi connectivity index (χ0v) is 18.8. The summed E-state index contributed by atoms with van der Waals surface area (Å²) in [6.45, 7) is 8.18. The zero-order chi connectivity index (χ0) is 22.4. The summed E-state index contributed by atoms with van der Waals surface area (Å²) in [5.74, 6) is -0.340. The number of rotatable bonds is 4. The van der Waals surface area contributed by atoms with Gasteiger partial charge in [0.1, 0.15) is 0 Å². The Kier molecular flexibility index (Phi) is 5.27. The second-order valence-corrected chi connectivity index (χ2v) is 8.84. The number of hydrogen-bond donors (Lipinski definition) is 0. The maximum Gasteiger partial charge on any atom is 0.498 e. The van der Waals surface area contributed by atoms with Crippen LogP contribution < -0.4 is 5.46 Å². The van der Waals surface area contributed by atoms with Crippen LogP contribution in [-0.2, 0) is 21.1 Å². The summed E-state index contributed by atoms with van der Waals surface area (Å²) in [6.07, 6.45) is 1.96. The first-order chi connectivity index (χ1) is 14.6. The molecule has 2 aromatic carbocycles. The number of aromatic nitrogens is 2. The summed E-state index contributed by atoms with van der Waals surface area (Å²) in [7, 11) is 2.80. The van der Waals surface area contributed by atoms with E-state index in [1.165, 1.54) is 7.11 Å². The van der Waals surface area contributed by atoms with E-state index >= 15 is 0 Å². The van der Waals surface area contributed by atoms with Crippen molar-refractivity contribution >= 4 is 18.6 Å². The lowest BCUT2D eigenvalue weighted by Gasteiger charge is -2.32. The Bertz CT molecular complexity index is 1090. The van der Waals surface area contributed by atoms with Gasteiger partial charge < -0.3 is 14.0 Å². The monoisotopic (exact) mass is 418 g/mol. The normalized spacial score (nSPS) is 17.0. The van der Waals surface area contributed by atoms with Crippen LogP contribution in [0.4, 0.5) is 0 Å². The molecule has 1 aliphatic rings. The van der Waals surface area contributed by atoms with Crippen molar-refractivity contribution in [3.05, 3.63) is 60.3 Å². The largest absolute Gasteiger partial charge is 0.498 e. The molecule has 1 fully saturated rings. The van der Waals surface area contributed by atoms with Crippen molar-refractivity contribution in [2.24, 2.45) is 7.05 Å². The van der Waals surface area contributed by atoms with Crippen LogP contribution in [-0.4, -0.2) is 41.2 Å². The van der Waals surface area contributed by atoms with Gasteiger partial charge >= 0.3 is 13.1 Å². The number of hydrogen-bond acceptors (Lipinski definition) is 5. The maximum atomic E-state index is 11.6. The van der Waals surface area contributed by atoms with E-state index in [1.54, 1.807) is 16.8 Å². The third-order valence-corrected chi connectivity index (χ3v) is 6.16. The fraction of sp³-hybridized carbons (Fsp3) is 0.333. The van der Waals surface area contributed by atoms with Crippen LogP contribution in [0.15, 0.2) is 54.7 Å². The summed E-state index contributed by atoms with van der Waals surface area (Å²) < 4.78 is 19.0. The molecule has 0 radical (unpaired) electrons. The van der Waals surface area contributed by atoms with Crippen LogP contribution in [0.5, 0.6) is 0 Å². The van der Waals surface area contributed by atoms with Crippen LogP contribution >= 0.6 is 0 Å². The van der Waals surface area contributed by atoms with E-state index in [9.17, 15) is 4.79 Å². The van der Waals surface area contributed by atoms with Gasteiger partial charge in [-0.2, -0.15) is 5.10 Å². The Morgan fingerprint density at radius 3 is 1.90 bits per heavy atom. The van der Waals surface area contributed by atoms with Crippen molar-refractivity contribution in [3.8, 4) is 22.4 Å². The van der Waals surface area contributed by atoms with Crippen LogP contribution in [0.2, 0.25) is 0 Å². The average Bonchev–Trinajstić information content (AvgIpc) is 3.23. The predicted molar refractivity (Wildman–Crippen MR) is 121 cm³/mol. The van der Waals surface area contributed by atoms with Crippen molar-refractivity contribution in [2.75, 3.05) is 7.11 Å². The number of aryl methyl sites for hydroxylation is 1. The highest BCUT2D eigenvalue weighted by Gasteiger charge is 2.52. The molecule has 31 heavy (non-hydrogen) atoms. The smallest absolute Gasteiger partial charge is 0.465 e. The van der Waals surface area contributed by atoms with Crippen molar-refractivity contribution in [1.82, 2.24) is 9.78 Å². The molecule has 1 saturated heterocycles. The molecule has 7 heteroatoms. The SMILES string of the molecule is COC(=O)c1ccc(-c2ccc(-c3nn(C)cc3B3OC(C)(C)C(C)(C)O3)cc2)cc1. The van der Waals surface area contributed by atoms with Gasteiger partial charge in [0.2, 0.25) is 0 Å². The van der Waals surface area contributed by atoms with E-state index < -0.39 is 18.3 Å². The third kappa shape index (κ3) is 3.91. The molecule has 0 spiro atoms. The number of carbonyl (C=O) groups is 1. The average molecular weight is 418 g/mol. The molecule has 0 amide bonds. The van der Waals surface area contributed by atoms with Gasteiger partial charge in [-0.3, -0.25) is 4.68 Å². The highest BCUT2D eigenvalue weighted by atomic mass is 16.7. The molecule has 4 rings (SSSR count). The molecule has 0 aliphatic carbocycles. The van der Waals surface area contributed by atoms with E-state index in [-0.39, 0.29) is 5.97 Å². The summed E-state index contributed by atoms with van der Waals surface area (Å²) in [5.41, 5.74) is 4.52. The first-order valence-electron chi connectivity index (χ1n) is 10.3. The minimum atomic E-state index is -0.473. The van der Waals surface area contributed by atoms with Gasteiger partial charge in [-0.05, 0) is 51.0 Å². The molecule has 6 nitrogen and oxygen atoms in total. The van der Waals surface area contributed by atoms with E-state index in [0.717, 1.165) is 27.8 Å². The van der Waals surface area contributed by atoms with Crippen LogP contribution in [0.25, 0.3) is 22.4 Å². The molecule has 0 N–H and O–H groups in total. The minimum Gasteiger partial charge on any atom is -0.465 e. The topological polar surface area (TPSA) is 62.6 Å². The van der Waals surface area contributed by atoms with Crippen molar-refractivity contribution in [3.63, 3.8) is 0 Å². The van der Waals surface area contributed by atoms with Gasteiger partial charge in [0.05, 0.1) is 29.6 Å². The quantitative estimate of drug-likeness (QED) is 0.476. The molecular weight excluding hydrogens is 391 g/mol. The van der Waals surface area contributed by atoms with Crippen molar-refractivity contribution < 1.29 is 18.8 Å². The predicted octanol–water partition coefficient (Wildman–Crippen LogP) is 3.84. The molecule has 0 atom stereocenters. The van der Waals surface area contributed by atoms with E-state index in [2.05, 4.69) is 5.10 Å². The molecule has 2 heterocycles. The Hall–Kier alpha value is -2.90. The molecule has 1 aliphatic heterocycles. The summed E-state index contributed by atoms with van der Waals surface area (Å²) in [6, 6.07) is 15.5. The maximum absolute atomic E-state index is 11.6. The van der Waals surface area contributed by atoms with Crippen LogP contribution in [0, 0.1) is 0 Å². The van der Waals surface area contributed by atoms with Gasteiger partial charge in [-0.25, -0.2) is 4.79 Å². The van der Waals surface area contributed by atoms with E-state index in [1.807, 2.05) is 77.3 Å². The Morgan fingerprint density at radius 2 is 1.39 bits per heavy atom. The lowest BCUT2D eigenvalue weighted by molar-refractivity contribution is 0.00578. The fourth-order valence-electron chi connectivity index (χ4n) is 3.61. The first-order valence-corrected chi connectivity index (χ1v) is 10.3. The number of ether oxygens (including phenoxy) is 1. The Labute approximate surface area is 183 Å². The second-order valence-electron chi connectivity index (χ2n) is 8.84. The van der Waals surface area contributed by atoms with Gasteiger partial charge in [0.15, 0.2) is 0 Å². The minimum absolute atomic E-state index is 0.340. The number of carbonyl (C=O) groups excluding carboxylic acids is 1. The lowest BCUT2D eigenvalue weighted by Crippen LogP contribution is -2.41. The number of benzene rings is 2. The fourth-order valence-corrected chi connectivity index (χ4v) is 3.61. The first kappa shape index (κ1) is 21.3. The number of nitrogens with zero attached hydrogens (tertiary/aromatic N) is 2. The summed E-state index contributed by atoms with van der Waals surface area (Å²) in [5, 5.41) is 4.67. The summed E-state index contributed by atoms with van der Waals surface area (Å²) in [4.78, 5) is 11.6. The van der Waals surface area contributed by atoms with Gasteiger partial charge in [-0.15, -0.1) is 0 Å². The van der Waals surface area contributed by atoms with Crippen molar-refractivity contribution in [1.29, 1.82) is 0 Å². The van der Waals surface area contributed by atoms with E-state index in [4.69, 9.17) is 14.0 Å². The number of esters is 1. The van der Waals surface area contributed by atoms with Crippen LogP contribution in [0.1, 0.15) is 38.1 Å². The highest BCUT2D eigenvalue weighted by Crippen LogP contribution is 2.37. The summed E-state index contributed by atoms with van der Waals surface area (Å²) >= 11 is 0. The molecule has 1 aromatic heterocycles. The molecular formula is C24H27BN2O4. The van der Waals surface area contributed by atoms with Gasteiger partial charge in [0.25, 0.3) is 0 Å². The highest BCUT2D eigenvalue weighted by molar-refractivity contribution is 6.63. The van der Waals surface area contributed by atoms with Crippen molar-refractivity contribution in [2.45, 2.75) is 38.9 Å². The molecule has 0 unspecified atom stereocenters. The number of methoxy groups -OCH3 is 1. The van der Waals surface area contributed by atoms with Gasteiger partial charge in [0, 0.05) is 24.3 Å².